The van der Waals surface area contributed by atoms with Crippen LogP contribution in [-0.2, 0) is 6.54 Å². The molecule has 0 amide bonds. The topological polar surface area (TPSA) is 41.1 Å². The Morgan fingerprint density at radius 2 is 1.75 bits per heavy atom. The van der Waals surface area contributed by atoms with Crippen LogP contribution < -0.4 is 10.2 Å². The van der Waals surface area contributed by atoms with Crippen molar-refractivity contribution in [3.63, 3.8) is 0 Å². The molecule has 0 spiro atoms. The van der Waals surface area contributed by atoms with Gasteiger partial charge >= 0.3 is 0 Å². The molecule has 122 valence electrons. The molecule has 0 aliphatic rings. The molecule has 0 saturated carbocycles. The van der Waals surface area contributed by atoms with Crippen molar-refractivity contribution < 1.29 is 0 Å². The third-order valence-electron chi connectivity index (χ3n) is 4.06. The van der Waals surface area contributed by atoms with Crippen molar-refractivity contribution in [3.8, 4) is 0 Å². The fourth-order valence-corrected chi connectivity index (χ4v) is 2.51. The summed E-state index contributed by atoms with van der Waals surface area (Å²) in [6.45, 7) is 5.02. The highest BCUT2D eigenvalue weighted by molar-refractivity contribution is 5.57. The average molecular weight is 318 g/mol. The van der Waals surface area contributed by atoms with E-state index < -0.39 is 0 Å². The number of hydrogen-bond acceptors (Lipinski definition) is 4. The molecule has 0 saturated heterocycles. The van der Waals surface area contributed by atoms with Crippen LogP contribution in [0.3, 0.4) is 0 Å². The predicted octanol–water partition coefficient (Wildman–Crippen LogP) is 4.47. The van der Waals surface area contributed by atoms with Gasteiger partial charge in [-0.1, -0.05) is 36.4 Å². The number of rotatable bonds is 5. The van der Waals surface area contributed by atoms with Gasteiger partial charge in [-0.2, -0.15) is 4.98 Å². The summed E-state index contributed by atoms with van der Waals surface area (Å²) in [7, 11) is 2.04. The van der Waals surface area contributed by atoms with Crippen LogP contribution in [0.1, 0.15) is 16.7 Å². The third-order valence-corrected chi connectivity index (χ3v) is 4.06. The van der Waals surface area contributed by atoms with Gasteiger partial charge in [-0.3, -0.25) is 0 Å². The number of nitrogens with zero attached hydrogens (tertiary/aromatic N) is 3. The molecule has 0 aliphatic heterocycles. The zero-order valence-electron chi connectivity index (χ0n) is 14.3. The van der Waals surface area contributed by atoms with Crippen LogP contribution in [0.2, 0.25) is 0 Å². The van der Waals surface area contributed by atoms with Crippen molar-refractivity contribution >= 4 is 17.5 Å². The van der Waals surface area contributed by atoms with Gasteiger partial charge in [0.25, 0.3) is 0 Å². The highest BCUT2D eigenvalue weighted by Crippen LogP contribution is 2.19. The SMILES string of the molecule is Cc1ccc(Nc2nccc(N(C)Cc3ccccc3)n2)cc1C. The van der Waals surface area contributed by atoms with E-state index in [0.717, 1.165) is 18.1 Å². The minimum absolute atomic E-state index is 0.607. The highest BCUT2D eigenvalue weighted by Gasteiger charge is 2.06. The largest absolute Gasteiger partial charge is 0.355 e. The monoisotopic (exact) mass is 318 g/mol. The van der Waals surface area contributed by atoms with E-state index in [1.807, 2.05) is 25.2 Å². The van der Waals surface area contributed by atoms with Crippen molar-refractivity contribution in [3.05, 3.63) is 77.5 Å². The Morgan fingerprint density at radius 3 is 2.50 bits per heavy atom. The van der Waals surface area contributed by atoms with Gasteiger partial charge in [0.1, 0.15) is 5.82 Å². The minimum atomic E-state index is 0.607. The van der Waals surface area contributed by atoms with E-state index >= 15 is 0 Å². The van der Waals surface area contributed by atoms with Gasteiger partial charge in [0.05, 0.1) is 0 Å². The first-order valence-electron chi connectivity index (χ1n) is 8.04. The number of aromatic nitrogens is 2. The van der Waals surface area contributed by atoms with Gasteiger partial charge in [0.2, 0.25) is 5.95 Å². The van der Waals surface area contributed by atoms with Crippen molar-refractivity contribution in [1.29, 1.82) is 0 Å². The Morgan fingerprint density at radius 1 is 0.958 bits per heavy atom. The van der Waals surface area contributed by atoms with E-state index in [1.165, 1.54) is 16.7 Å². The third kappa shape index (κ3) is 3.90. The van der Waals surface area contributed by atoms with Crippen molar-refractivity contribution in [2.75, 3.05) is 17.3 Å². The van der Waals surface area contributed by atoms with Crippen LogP contribution in [0.5, 0.6) is 0 Å². The summed E-state index contributed by atoms with van der Waals surface area (Å²) in [4.78, 5) is 11.1. The Hall–Kier alpha value is -2.88. The lowest BCUT2D eigenvalue weighted by atomic mass is 10.1. The van der Waals surface area contributed by atoms with Gasteiger partial charge < -0.3 is 10.2 Å². The van der Waals surface area contributed by atoms with Gasteiger partial charge in [0.15, 0.2) is 0 Å². The van der Waals surface area contributed by atoms with Crippen LogP contribution in [0.15, 0.2) is 60.8 Å². The molecule has 0 aliphatic carbocycles. The lowest BCUT2D eigenvalue weighted by Crippen LogP contribution is -2.18. The van der Waals surface area contributed by atoms with Crippen molar-refractivity contribution in [1.82, 2.24) is 9.97 Å². The van der Waals surface area contributed by atoms with Crippen molar-refractivity contribution in [2.45, 2.75) is 20.4 Å². The molecular formula is C20H22N4. The first kappa shape index (κ1) is 16.0. The molecule has 1 aromatic heterocycles. The number of nitrogens with one attached hydrogen (secondary N) is 1. The maximum atomic E-state index is 4.62. The van der Waals surface area contributed by atoms with Crippen molar-refractivity contribution in [2.24, 2.45) is 0 Å². The molecule has 4 heteroatoms. The van der Waals surface area contributed by atoms with Crippen LogP contribution in [0.25, 0.3) is 0 Å². The summed E-state index contributed by atoms with van der Waals surface area (Å²) in [5, 5.41) is 3.28. The van der Waals surface area contributed by atoms with E-state index in [1.54, 1.807) is 6.20 Å². The first-order valence-corrected chi connectivity index (χ1v) is 8.04. The zero-order valence-corrected chi connectivity index (χ0v) is 14.3. The summed E-state index contributed by atoms with van der Waals surface area (Å²) >= 11 is 0. The molecule has 4 nitrogen and oxygen atoms in total. The van der Waals surface area contributed by atoms with E-state index in [2.05, 4.69) is 70.4 Å². The van der Waals surface area contributed by atoms with Crippen LogP contribution >= 0.6 is 0 Å². The maximum Gasteiger partial charge on any atom is 0.229 e. The van der Waals surface area contributed by atoms with Gasteiger partial charge in [0, 0.05) is 25.5 Å². The standard InChI is InChI=1S/C20H22N4/c1-15-9-10-18(13-16(15)2)22-20-21-12-11-19(23-20)24(3)14-17-7-5-4-6-8-17/h4-13H,14H2,1-3H3,(H,21,22,23). The molecule has 3 rings (SSSR count). The molecule has 1 heterocycles. The number of anilines is 3. The molecule has 0 fully saturated rings. The number of benzene rings is 2. The Labute approximate surface area is 143 Å². The fraction of sp³-hybridized carbons (Fsp3) is 0.200. The second kappa shape index (κ2) is 7.13. The predicted molar refractivity (Wildman–Crippen MR) is 99.8 cm³/mol. The maximum absolute atomic E-state index is 4.62. The quantitative estimate of drug-likeness (QED) is 0.753. The fourth-order valence-electron chi connectivity index (χ4n) is 2.51. The molecule has 24 heavy (non-hydrogen) atoms. The van der Waals surface area contributed by atoms with E-state index in [4.69, 9.17) is 0 Å². The molecule has 0 atom stereocenters. The lowest BCUT2D eigenvalue weighted by molar-refractivity contribution is 0.893. The van der Waals surface area contributed by atoms with E-state index in [9.17, 15) is 0 Å². The van der Waals surface area contributed by atoms with Crippen LogP contribution in [0, 0.1) is 13.8 Å². The average Bonchev–Trinajstić information content (AvgIpc) is 2.59. The summed E-state index contributed by atoms with van der Waals surface area (Å²) in [6, 6.07) is 18.5. The smallest absolute Gasteiger partial charge is 0.229 e. The summed E-state index contributed by atoms with van der Waals surface area (Å²) in [5.41, 5.74) is 4.78. The second-order valence-corrected chi connectivity index (χ2v) is 6.00. The van der Waals surface area contributed by atoms with E-state index in [0.29, 0.717) is 5.95 Å². The highest BCUT2D eigenvalue weighted by atomic mass is 15.2. The zero-order chi connectivity index (χ0) is 16.9. The van der Waals surface area contributed by atoms with Gasteiger partial charge in [-0.15, -0.1) is 0 Å². The lowest BCUT2D eigenvalue weighted by Gasteiger charge is -2.18. The Balaban J connectivity index is 1.74. The van der Waals surface area contributed by atoms with E-state index in [-0.39, 0.29) is 0 Å². The Bertz CT molecular complexity index is 815. The summed E-state index contributed by atoms with van der Waals surface area (Å²) < 4.78 is 0. The molecule has 2 aromatic carbocycles. The van der Waals surface area contributed by atoms with Gasteiger partial charge in [-0.25, -0.2) is 4.98 Å². The molecule has 0 bridgehead atoms. The van der Waals surface area contributed by atoms with Crippen LogP contribution in [-0.4, -0.2) is 17.0 Å². The Kier molecular flexibility index (Phi) is 4.75. The van der Waals surface area contributed by atoms with Crippen LogP contribution in [0.4, 0.5) is 17.5 Å². The number of hydrogen-bond donors (Lipinski definition) is 1. The molecule has 1 N–H and O–H groups in total. The molecule has 3 aromatic rings. The van der Waals surface area contributed by atoms with Gasteiger partial charge in [-0.05, 0) is 48.7 Å². The summed E-state index contributed by atoms with van der Waals surface area (Å²) in [6.07, 6.45) is 1.78. The number of aryl methyl sites for hydroxylation is 2. The molecule has 0 radical (unpaired) electrons. The normalized spacial score (nSPS) is 10.5. The second-order valence-electron chi connectivity index (χ2n) is 6.00. The first-order chi connectivity index (χ1) is 11.6. The summed E-state index contributed by atoms with van der Waals surface area (Å²) in [5.74, 6) is 1.50. The molecular weight excluding hydrogens is 296 g/mol. The molecule has 0 unspecified atom stereocenters. The minimum Gasteiger partial charge on any atom is -0.355 e.